The highest BCUT2D eigenvalue weighted by Gasteiger charge is 2.23. The fourth-order valence-corrected chi connectivity index (χ4v) is 0.398. The predicted octanol–water partition coefficient (Wildman–Crippen LogP) is -0.913. The van der Waals surface area contributed by atoms with Crippen LogP contribution in [-0.4, -0.2) is 82.4 Å². The summed E-state index contributed by atoms with van der Waals surface area (Å²) in [6.07, 6.45) is 1.29. The number of epoxide rings is 1. The van der Waals surface area contributed by atoms with E-state index in [0.717, 1.165) is 6.08 Å². The van der Waals surface area contributed by atoms with E-state index < -0.39 is 11.9 Å². The lowest BCUT2D eigenvalue weighted by Crippen LogP contribution is -2.06. The van der Waals surface area contributed by atoms with Gasteiger partial charge in [0, 0.05) is 6.08 Å². The molecule has 0 aliphatic carbocycles. The molecule has 1 unspecified atom stereocenters. The third-order valence-electron chi connectivity index (χ3n) is 1.35. The minimum atomic E-state index is -0.881. The average molecular weight is 374 g/mol. The van der Waals surface area contributed by atoms with E-state index in [1.807, 2.05) is 0 Å². The highest BCUT2D eigenvalue weighted by molar-refractivity contribution is 7.81. The van der Waals surface area contributed by atoms with Crippen LogP contribution in [0.3, 0.4) is 0 Å². The number of rotatable bonds is 6. The molecule has 0 spiro atoms. The monoisotopic (exact) mass is 374 g/mol. The van der Waals surface area contributed by atoms with Gasteiger partial charge in [0.05, 0.1) is 31.3 Å². The number of aliphatic hydroxyl groups is 2. The molecule has 1 aliphatic heterocycles. The molecule has 0 saturated carbocycles. The Bertz CT molecular complexity index is 316. The van der Waals surface area contributed by atoms with Crippen LogP contribution in [0, 0.1) is 0 Å². The lowest BCUT2D eigenvalue weighted by Gasteiger charge is -1.94. The van der Waals surface area contributed by atoms with Gasteiger partial charge < -0.3 is 29.9 Å². The van der Waals surface area contributed by atoms with Crippen molar-refractivity contribution in [2.75, 3.05) is 37.9 Å². The number of thiol groups is 2. The van der Waals surface area contributed by atoms with Crippen molar-refractivity contribution < 1.29 is 44.3 Å². The first-order chi connectivity index (χ1) is 10.8. The lowest BCUT2D eigenvalue weighted by atomic mass is 10.5. The van der Waals surface area contributed by atoms with Gasteiger partial charge in [0.1, 0.15) is 12.7 Å². The molecular formula is C12H22O9S2. The van der Waals surface area contributed by atoms with Gasteiger partial charge in [-0.2, -0.15) is 25.3 Å². The normalized spacial score (nSPS) is 13.5. The van der Waals surface area contributed by atoms with Gasteiger partial charge in [-0.05, 0) is 0 Å². The summed E-state index contributed by atoms with van der Waals surface area (Å²) in [6, 6.07) is 0. The van der Waals surface area contributed by atoms with E-state index in [2.05, 4.69) is 36.6 Å². The zero-order valence-corrected chi connectivity index (χ0v) is 14.1. The Morgan fingerprint density at radius 3 is 1.65 bits per heavy atom. The number of esters is 1. The summed E-state index contributed by atoms with van der Waals surface area (Å²) in [5.41, 5.74) is 0. The smallest absolute Gasteiger partial charge is 0.330 e. The highest BCUT2D eigenvalue weighted by Crippen LogP contribution is 2.08. The molecule has 1 saturated heterocycles. The van der Waals surface area contributed by atoms with Crippen molar-refractivity contribution in [2.24, 2.45) is 0 Å². The second-order valence-corrected chi connectivity index (χ2v) is 3.97. The molecule has 1 atom stereocenters. The first kappa shape index (κ1) is 26.6. The number of carboxylic acids is 2. The summed E-state index contributed by atoms with van der Waals surface area (Å²) in [5.74, 6) is -2.31. The lowest BCUT2D eigenvalue weighted by molar-refractivity contribution is -0.138. The van der Waals surface area contributed by atoms with Crippen molar-refractivity contribution in [1.82, 2.24) is 0 Å². The minimum Gasteiger partial charge on any atom is -0.481 e. The topological polar surface area (TPSA) is 154 Å². The number of hydrogen-bond donors (Lipinski definition) is 6. The number of hydrogen-bond acceptors (Lipinski definition) is 9. The van der Waals surface area contributed by atoms with Gasteiger partial charge in [-0.3, -0.25) is 9.59 Å². The Labute approximate surface area is 144 Å². The Morgan fingerprint density at radius 1 is 1.13 bits per heavy atom. The van der Waals surface area contributed by atoms with Crippen LogP contribution in [0.15, 0.2) is 12.7 Å². The number of ether oxygens (including phenoxy) is 2. The van der Waals surface area contributed by atoms with Crippen LogP contribution in [0.5, 0.6) is 0 Å². The molecule has 9 nitrogen and oxygen atoms in total. The highest BCUT2D eigenvalue weighted by atomic mass is 32.1. The van der Waals surface area contributed by atoms with E-state index in [4.69, 9.17) is 25.2 Å². The van der Waals surface area contributed by atoms with Crippen LogP contribution in [0.1, 0.15) is 0 Å². The summed E-state index contributed by atoms with van der Waals surface area (Å²) in [7, 11) is 0. The summed E-state index contributed by atoms with van der Waals surface area (Å²) in [5, 5.41) is 30.5. The first-order valence-corrected chi connectivity index (χ1v) is 7.33. The quantitative estimate of drug-likeness (QED) is 0.150. The Kier molecular flexibility index (Phi) is 24.0. The maximum Gasteiger partial charge on any atom is 0.330 e. The van der Waals surface area contributed by atoms with E-state index in [-0.39, 0.29) is 36.8 Å². The van der Waals surface area contributed by atoms with Crippen molar-refractivity contribution in [3.63, 3.8) is 0 Å². The van der Waals surface area contributed by atoms with Crippen LogP contribution in [0.25, 0.3) is 0 Å². The van der Waals surface area contributed by atoms with Crippen molar-refractivity contribution in [1.29, 1.82) is 0 Å². The Morgan fingerprint density at radius 2 is 1.48 bits per heavy atom. The van der Waals surface area contributed by atoms with Crippen molar-refractivity contribution in [3.8, 4) is 0 Å². The van der Waals surface area contributed by atoms with Crippen LogP contribution in [0.4, 0.5) is 0 Å². The van der Waals surface area contributed by atoms with Gasteiger partial charge >= 0.3 is 17.9 Å². The molecular weight excluding hydrogens is 352 g/mol. The number of carbonyl (C=O) groups excluding carboxylic acids is 1. The van der Waals surface area contributed by atoms with E-state index in [9.17, 15) is 14.4 Å². The standard InChI is InChI=1S/C6H8O3.2C2H4O2S.C2H6O2/c1-2-6(7)9-4-5-3-8-5;2*3-2(4)1-5;3-1-2-4/h2,5H,1,3-4H2;2*5H,1H2,(H,3,4);3-4H,1-2H2. The molecule has 0 amide bonds. The number of aliphatic carboxylic acids is 2. The SMILES string of the molecule is C=CC(=O)OCC1CO1.O=C(O)CS.O=C(O)CS.OCCO. The van der Waals surface area contributed by atoms with Crippen LogP contribution < -0.4 is 0 Å². The minimum absolute atomic E-state index is 0.0833. The largest absolute Gasteiger partial charge is 0.481 e. The third kappa shape index (κ3) is 38.6. The van der Waals surface area contributed by atoms with E-state index >= 15 is 0 Å². The second-order valence-electron chi connectivity index (χ2n) is 3.34. The van der Waals surface area contributed by atoms with Gasteiger partial charge in [0.25, 0.3) is 0 Å². The molecule has 0 aromatic rings. The number of carbonyl (C=O) groups is 3. The van der Waals surface area contributed by atoms with Crippen LogP contribution in [-0.2, 0) is 23.9 Å². The molecule has 136 valence electrons. The third-order valence-corrected chi connectivity index (χ3v) is 1.89. The predicted molar refractivity (Wildman–Crippen MR) is 88.0 cm³/mol. The van der Waals surface area contributed by atoms with Crippen LogP contribution in [0.2, 0.25) is 0 Å². The van der Waals surface area contributed by atoms with E-state index in [1.165, 1.54) is 0 Å². The zero-order chi connectivity index (χ0) is 18.7. The van der Waals surface area contributed by atoms with Crippen molar-refractivity contribution in [3.05, 3.63) is 12.7 Å². The fraction of sp³-hybridized carbons (Fsp3) is 0.583. The second kappa shape index (κ2) is 20.7. The molecule has 1 heterocycles. The van der Waals surface area contributed by atoms with Gasteiger partial charge in [-0.25, -0.2) is 4.79 Å². The molecule has 4 N–H and O–H groups in total. The molecule has 0 aromatic heterocycles. The summed E-state index contributed by atoms with van der Waals surface area (Å²) in [4.78, 5) is 28.9. The van der Waals surface area contributed by atoms with E-state index in [0.29, 0.717) is 13.2 Å². The number of carboxylic acid groups (broad SMARTS) is 2. The maximum atomic E-state index is 10.3. The van der Waals surface area contributed by atoms with Crippen molar-refractivity contribution >= 4 is 43.2 Å². The van der Waals surface area contributed by atoms with Gasteiger partial charge in [-0.1, -0.05) is 6.58 Å². The Hall–Kier alpha value is -1.27. The Balaban J connectivity index is -0.000000249. The van der Waals surface area contributed by atoms with Gasteiger partial charge in [0.15, 0.2) is 0 Å². The first-order valence-electron chi connectivity index (χ1n) is 6.06. The number of aliphatic hydroxyl groups excluding tert-OH is 2. The molecule has 1 aliphatic rings. The summed E-state index contributed by atoms with van der Waals surface area (Å²) >= 11 is 6.83. The molecule has 0 aromatic carbocycles. The summed E-state index contributed by atoms with van der Waals surface area (Å²) < 4.78 is 9.42. The molecule has 0 radical (unpaired) electrons. The molecule has 1 rings (SSSR count). The fourth-order valence-electron chi connectivity index (χ4n) is 0.398. The van der Waals surface area contributed by atoms with Gasteiger partial charge in [0.2, 0.25) is 0 Å². The molecule has 11 heteroatoms. The van der Waals surface area contributed by atoms with Gasteiger partial charge in [-0.15, -0.1) is 0 Å². The molecule has 0 bridgehead atoms. The maximum absolute atomic E-state index is 10.3. The van der Waals surface area contributed by atoms with Crippen LogP contribution >= 0.6 is 25.3 Å². The molecule has 1 fully saturated rings. The zero-order valence-electron chi connectivity index (χ0n) is 12.3. The molecule has 23 heavy (non-hydrogen) atoms. The van der Waals surface area contributed by atoms with E-state index in [1.54, 1.807) is 0 Å². The summed E-state index contributed by atoms with van der Waals surface area (Å²) in [6.45, 7) is 4.07. The van der Waals surface area contributed by atoms with Crippen molar-refractivity contribution in [2.45, 2.75) is 6.10 Å². The average Bonchev–Trinajstić information content (AvgIpc) is 3.38.